The van der Waals surface area contributed by atoms with Crippen molar-refractivity contribution in [3.8, 4) is 0 Å². The van der Waals surface area contributed by atoms with E-state index in [1.54, 1.807) is 0 Å². The van der Waals surface area contributed by atoms with Crippen LogP contribution in [0.4, 0.5) is 0 Å². The third kappa shape index (κ3) is 3.85. The van der Waals surface area contributed by atoms with E-state index in [1.807, 2.05) is 42.8 Å². The fraction of sp³-hybridized carbons (Fsp3) is 0.529. The van der Waals surface area contributed by atoms with Crippen molar-refractivity contribution in [2.45, 2.75) is 50.6 Å². The molecule has 2 aromatic rings. The lowest BCUT2D eigenvalue weighted by Gasteiger charge is -2.32. The van der Waals surface area contributed by atoms with Gasteiger partial charge in [-0.1, -0.05) is 31.4 Å². The van der Waals surface area contributed by atoms with E-state index in [2.05, 4.69) is 10.3 Å². The van der Waals surface area contributed by atoms with Crippen molar-refractivity contribution in [1.29, 1.82) is 0 Å². The summed E-state index contributed by atoms with van der Waals surface area (Å²) in [6.07, 6.45) is 4.78. The molecule has 0 aliphatic heterocycles. The van der Waals surface area contributed by atoms with E-state index in [-0.39, 0.29) is 36.8 Å². The van der Waals surface area contributed by atoms with E-state index in [9.17, 15) is 4.79 Å². The summed E-state index contributed by atoms with van der Waals surface area (Å²) in [5.74, 6) is 0.806. The monoisotopic (exact) mass is 372 g/mol. The van der Waals surface area contributed by atoms with E-state index in [1.165, 1.54) is 6.42 Å². The molecule has 0 radical (unpaired) electrons. The first-order valence-corrected chi connectivity index (χ1v) is 8.02. The van der Waals surface area contributed by atoms with Gasteiger partial charge in [-0.15, -0.1) is 24.8 Å². The number of hydrogen-bond acceptors (Lipinski definition) is 3. The Bertz CT molecular complexity index is 695. The summed E-state index contributed by atoms with van der Waals surface area (Å²) in [5.41, 5.74) is 7.61. The summed E-state index contributed by atoms with van der Waals surface area (Å²) in [7, 11) is 1.98. The lowest BCUT2D eigenvalue weighted by atomic mass is 9.82. The molecule has 5 nitrogen and oxygen atoms in total. The second-order valence-electron chi connectivity index (χ2n) is 6.43. The quantitative estimate of drug-likeness (QED) is 0.868. The number of para-hydroxylation sites is 2. The fourth-order valence-electron chi connectivity index (χ4n) is 3.37. The molecule has 1 fully saturated rings. The highest BCUT2D eigenvalue weighted by molar-refractivity contribution is 5.86. The molecule has 1 aromatic heterocycles. The van der Waals surface area contributed by atoms with Crippen LogP contribution in [0.3, 0.4) is 0 Å². The van der Waals surface area contributed by atoms with Gasteiger partial charge in [0, 0.05) is 7.05 Å². The summed E-state index contributed by atoms with van der Waals surface area (Å²) >= 11 is 0. The number of aromatic nitrogens is 2. The van der Waals surface area contributed by atoms with Gasteiger partial charge in [0.1, 0.15) is 5.82 Å². The smallest absolute Gasteiger partial charge is 0.240 e. The Morgan fingerprint density at radius 3 is 2.50 bits per heavy atom. The van der Waals surface area contributed by atoms with Gasteiger partial charge in [0.15, 0.2) is 0 Å². The predicted molar refractivity (Wildman–Crippen MR) is 102 cm³/mol. The molecule has 0 bridgehead atoms. The Hall–Kier alpha value is -1.30. The van der Waals surface area contributed by atoms with Crippen molar-refractivity contribution in [1.82, 2.24) is 14.9 Å². The van der Waals surface area contributed by atoms with Crippen LogP contribution in [0.1, 0.15) is 50.9 Å². The Kier molecular flexibility index (Phi) is 7.08. The minimum Gasteiger partial charge on any atom is -0.345 e. The molecule has 1 aliphatic rings. The number of carbonyl (C=O) groups is 1. The first-order chi connectivity index (χ1) is 10.5. The zero-order chi connectivity index (χ0) is 15.7. The van der Waals surface area contributed by atoms with Crippen LogP contribution in [0.25, 0.3) is 11.0 Å². The van der Waals surface area contributed by atoms with Crippen molar-refractivity contribution in [2.75, 3.05) is 0 Å². The van der Waals surface area contributed by atoms with Gasteiger partial charge in [0.25, 0.3) is 0 Å². The molecule has 0 spiro atoms. The number of rotatable bonds is 3. The summed E-state index contributed by atoms with van der Waals surface area (Å²) in [6.45, 7) is 1.96. The minimum absolute atomic E-state index is 0. The predicted octanol–water partition coefficient (Wildman–Crippen LogP) is 3.26. The molecule has 1 atom stereocenters. The Labute approximate surface area is 155 Å². The number of aryl methyl sites for hydroxylation is 1. The van der Waals surface area contributed by atoms with Gasteiger partial charge in [-0.25, -0.2) is 4.98 Å². The van der Waals surface area contributed by atoms with Crippen LogP contribution in [-0.4, -0.2) is 21.0 Å². The first kappa shape index (κ1) is 20.7. The molecule has 1 saturated carbocycles. The summed E-state index contributed by atoms with van der Waals surface area (Å²) < 4.78 is 2.03. The van der Waals surface area contributed by atoms with Gasteiger partial charge >= 0.3 is 0 Å². The van der Waals surface area contributed by atoms with Crippen LogP contribution in [0.15, 0.2) is 24.3 Å². The lowest BCUT2D eigenvalue weighted by Crippen LogP contribution is -2.55. The van der Waals surface area contributed by atoms with E-state index in [0.717, 1.165) is 42.5 Å². The second-order valence-corrected chi connectivity index (χ2v) is 6.43. The average molecular weight is 373 g/mol. The third-order valence-corrected chi connectivity index (χ3v) is 4.75. The maximum absolute atomic E-state index is 12.6. The van der Waals surface area contributed by atoms with Gasteiger partial charge in [-0.05, 0) is 31.9 Å². The molecule has 24 heavy (non-hydrogen) atoms. The number of imidazole rings is 1. The van der Waals surface area contributed by atoms with Gasteiger partial charge in [-0.3, -0.25) is 4.79 Å². The number of nitrogens with one attached hydrogen (secondary N) is 1. The number of amides is 1. The van der Waals surface area contributed by atoms with Crippen molar-refractivity contribution in [2.24, 2.45) is 12.8 Å². The van der Waals surface area contributed by atoms with Crippen molar-refractivity contribution < 1.29 is 4.79 Å². The fourth-order valence-corrected chi connectivity index (χ4v) is 3.37. The molecule has 134 valence electrons. The van der Waals surface area contributed by atoms with E-state index in [4.69, 9.17) is 5.73 Å². The van der Waals surface area contributed by atoms with E-state index < -0.39 is 5.54 Å². The van der Waals surface area contributed by atoms with Gasteiger partial charge in [0.2, 0.25) is 5.91 Å². The van der Waals surface area contributed by atoms with Crippen molar-refractivity contribution in [3.05, 3.63) is 30.1 Å². The largest absolute Gasteiger partial charge is 0.345 e. The van der Waals surface area contributed by atoms with Crippen LogP contribution in [0, 0.1) is 0 Å². The molecular weight excluding hydrogens is 347 g/mol. The van der Waals surface area contributed by atoms with Crippen molar-refractivity contribution >= 4 is 41.8 Å². The van der Waals surface area contributed by atoms with E-state index >= 15 is 0 Å². The summed E-state index contributed by atoms with van der Waals surface area (Å²) in [5, 5.41) is 3.06. The standard InChI is InChI=1S/C17H24N4O.2ClH/c1-12(19-16(22)17(18)10-6-3-7-11-17)15-20-13-8-4-5-9-14(13)21(15)2;;/h4-5,8-9,12H,3,6-7,10-11,18H2,1-2H3,(H,19,22);2*1H. The topological polar surface area (TPSA) is 72.9 Å². The maximum Gasteiger partial charge on any atom is 0.240 e. The Morgan fingerprint density at radius 1 is 1.25 bits per heavy atom. The number of nitrogens with zero attached hydrogens (tertiary/aromatic N) is 2. The normalized spacial score (nSPS) is 17.5. The molecule has 3 N–H and O–H groups in total. The number of nitrogens with two attached hydrogens (primary N) is 1. The number of halogens is 2. The molecular formula is C17H26Cl2N4O. The highest BCUT2D eigenvalue weighted by Gasteiger charge is 2.36. The molecule has 1 aliphatic carbocycles. The van der Waals surface area contributed by atoms with Crippen LogP contribution >= 0.6 is 24.8 Å². The number of fused-ring (bicyclic) bond motifs is 1. The molecule has 1 heterocycles. The number of carbonyl (C=O) groups excluding carboxylic acids is 1. The third-order valence-electron chi connectivity index (χ3n) is 4.75. The highest BCUT2D eigenvalue weighted by atomic mass is 35.5. The van der Waals surface area contributed by atoms with Crippen LogP contribution in [0.2, 0.25) is 0 Å². The Morgan fingerprint density at radius 2 is 1.88 bits per heavy atom. The molecule has 0 saturated heterocycles. The number of benzene rings is 1. The average Bonchev–Trinajstić information content (AvgIpc) is 2.86. The van der Waals surface area contributed by atoms with Gasteiger partial charge in [0.05, 0.1) is 22.6 Å². The molecule has 1 aromatic carbocycles. The molecule has 7 heteroatoms. The molecule has 3 rings (SSSR count). The highest BCUT2D eigenvalue weighted by Crippen LogP contribution is 2.27. The SMILES string of the molecule is CC(NC(=O)C1(N)CCCCC1)c1nc2ccccc2n1C.Cl.Cl. The summed E-state index contributed by atoms with van der Waals surface area (Å²) in [4.78, 5) is 17.2. The second kappa shape index (κ2) is 8.19. The molecule has 1 amide bonds. The minimum atomic E-state index is -0.711. The van der Waals surface area contributed by atoms with Gasteiger partial charge in [-0.2, -0.15) is 0 Å². The van der Waals surface area contributed by atoms with Crippen LogP contribution in [-0.2, 0) is 11.8 Å². The maximum atomic E-state index is 12.6. The lowest BCUT2D eigenvalue weighted by molar-refractivity contribution is -0.128. The van der Waals surface area contributed by atoms with Crippen LogP contribution < -0.4 is 11.1 Å². The van der Waals surface area contributed by atoms with Crippen molar-refractivity contribution in [3.63, 3.8) is 0 Å². The summed E-state index contributed by atoms with van der Waals surface area (Å²) in [6, 6.07) is 7.82. The zero-order valence-electron chi connectivity index (χ0n) is 14.1. The molecule has 1 unspecified atom stereocenters. The number of hydrogen-bond donors (Lipinski definition) is 2. The van der Waals surface area contributed by atoms with E-state index in [0.29, 0.717) is 0 Å². The Balaban J connectivity index is 0.00000144. The van der Waals surface area contributed by atoms with Crippen LogP contribution in [0.5, 0.6) is 0 Å². The van der Waals surface area contributed by atoms with Gasteiger partial charge < -0.3 is 15.6 Å². The first-order valence-electron chi connectivity index (χ1n) is 8.02. The zero-order valence-corrected chi connectivity index (χ0v) is 15.8.